The van der Waals surface area contributed by atoms with Crippen molar-refractivity contribution >= 4 is 56.3 Å². The predicted molar refractivity (Wildman–Crippen MR) is 130 cm³/mol. The zero-order valence-corrected chi connectivity index (χ0v) is 19.7. The molecule has 3 aromatic carbocycles. The number of aryl methyl sites for hydroxylation is 1. The summed E-state index contributed by atoms with van der Waals surface area (Å²) in [6.07, 6.45) is 0. The van der Waals surface area contributed by atoms with Crippen molar-refractivity contribution in [2.24, 2.45) is 0 Å². The number of halogens is 2. The van der Waals surface area contributed by atoms with Gasteiger partial charge in [0.05, 0.1) is 16.6 Å². The lowest BCUT2D eigenvalue weighted by molar-refractivity contribution is -0.384. The quantitative estimate of drug-likeness (QED) is 0.213. The van der Waals surface area contributed by atoms with Crippen LogP contribution in [0.3, 0.4) is 0 Å². The average Bonchev–Trinajstić information content (AvgIpc) is 2.78. The molecule has 0 aliphatic heterocycles. The van der Waals surface area contributed by atoms with Crippen LogP contribution in [0.15, 0.2) is 59.1 Å². The fraction of sp³-hybridized carbons (Fsp3) is 0.130. The zero-order valence-electron chi connectivity index (χ0n) is 17.4. The summed E-state index contributed by atoms with van der Waals surface area (Å²) in [6.45, 7) is 1.66. The number of aliphatic hydroxyl groups is 1. The van der Waals surface area contributed by atoms with Crippen LogP contribution < -0.4 is 10.6 Å². The van der Waals surface area contributed by atoms with Crippen LogP contribution >= 0.6 is 27.5 Å². The van der Waals surface area contributed by atoms with Gasteiger partial charge in [0.15, 0.2) is 5.78 Å². The van der Waals surface area contributed by atoms with E-state index in [0.717, 1.165) is 0 Å². The molecule has 0 radical (unpaired) electrons. The molecular weight excluding hydrogens is 514 g/mol. The Morgan fingerprint density at radius 1 is 1.09 bits per heavy atom. The van der Waals surface area contributed by atoms with E-state index >= 15 is 0 Å². The molecule has 0 atom stereocenters. The highest BCUT2D eigenvalue weighted by molar-refractivity contribution is 9.10. The second-order valence-electron chi connectivity index (χ2n) is 7.08. The Bertz CT molecular complexity index is 1250. The van der Waals surface area contributed by atoms with Crippen molar-refractivity contribution < 1.29 is 19.6 Å². The van der Waals surface area contributed by atoms with E-state index in [2.05, 4.69) is 26.6 Å². The first-order chi connectivity index (χ1) is 15.7. The molecule has 33 heavy (non-hydrogen) atoms. The third-order valence-electron chi connectivity index (χ3n) is 4.79. The second kappa shape index (κ2) is 10.6. The molecule has 0 fully saturated rings. The van der Waals surface area contributed by atoms with Crippen molar-refractivity contribution in [1.82, 2.24) is 5.32 Å². The van der Waals surface area contributed by atoms with Crippen LogP contribution in [0.5, 0.6) is 0 Å². The van der Waals surface area contributed by atoms with Crippen molar-refractivity contribution in [2.45, 2.75) is 6.92 Å². The highest BCUT2D eigenvalue weighted by Crippen LogP contribution is 2.32. The van der Waals surface area contributed by atoms with Crippen LogP contribution in [0.2, 0.25) is 5.02 Å². The van der Waals surface area contributed by atoms with Gasteiger partial charge in [0.2, 0.25) is 0 Å². The normalized spacial score (nSPS) is 10.5. The predicted octanol–water partition coefficient (Wildman–Crippen LogP) is 5.02. The first kappa shape index (κ1) is 24.4. The Labute approximate surface area is 202 Å². The summed E-state index contributed by atoms with van der Waals surface area (Å²) < 4.78 is 0.571. The lowest BCUT2D eigenvalue weighted by atomic mass is 9.96. The van der Waals surface area contributed by atoms with Gasteiger partial charge in [-0.2, -0.15) is 0 Å². The fourth-order valence-corrected chi connectivity index (χ4v) is 3.73. The summed E-state index contributed by atoms with van der Waals surface area (Å²) in [7, 11) is 0. The number of benzene rings is 3. The number of nitrogens with one attached hydrogen (secondary N) is 2. The minimum absolute atomic E-state index is 0.104. The Morgan fingerprint density at radius 3 is 2.52 bits per heavy atom. The lowest BCUT2D eigenvalue weighted by Gasteiger charge is -2.12. The molecule has 0 aliphatic rings. The van der Waals surface area contributed by atoms with Gasteiger partial charge in [-0.15, -0.1) is 0 Å². The molecule has 3 rings (SSSR count). The number of rotatable bonds is 8. The molecule has 3 N–H and O–H groups in total. The standard InChI is InChI=1S/C23H19BrClN3O5/c1-13-2-3-14(23(31)26-8-9-29)10-18(13)22(30)17-6-5-16(12-19(17)25)27-20-7-4-15(24)11-21(20)28(32)33/h2-7,10-12,27,29H,8-9H2,1H3,(H,26,31). The van der Waals surface area contributed by atoms with Gasteiger partial charge in [0.1, 0.15) is 5.69 Å². The minimum Gasteiger partial charge on any atom is -0.395 e. The molecule has 0 bridgehead atoms. The maximum atomic E-state index is 13.2. The van der Waals surface area contributed by atoms with E-state index < -0.39 is 10.8 Å². The first-order valence-corrected chi connectivity index (χ1v) is 10.9. The van der Waals surface area contributed by atoms with Crippen LogP contribution in [-0.4, -0.2) is 34.9 Å². The maximum absolute atomic E-state index is 13.2. The molecule has 0 aromatic heterocycles. The fourth-order valence-electron chi connectivity index (χ4n) is 3.12. The molecule has 10 heteroatoms. The van der Waals surface area contributed by atoms with Crippen LogP contribution in [0.25, 0.3) is 0 Å². The molecule has 1 amide bonds. The molecule has 8 nitrogen and oxygen atoms in total. The Balaban J connectivity index is 1.88. The number of carbonyl (C=O) groups excluding carboxylic acids is 2. The smallest absolute Gasteiger partial charge is 0.293 e. The Morgan fingerprint density at radius 2 is 1.85 bits per heavy atom. The van der Waals surface area contributed by atoms with Gasteiger partial charge in [-0.3, -0.25) is 19.7 Å². The van der Waals surface area contributed by atoms with E-state index in [1.165, 1.54) is 24.3 Å². The zero-order chi connectivity index (χ0) is 24.1. The highest BCUT2D eigenvalue weighted by atomic mass is 79.9. The molecule has 0 unspecified atom stereocenters. The summed E-state index contributed by atoms with van der Waals surface area (Å²) in [6, 6.07) is 14.0. The van der Waals surface area contributed by atoms with Crippen LogP contribution in [0, 0.1) is 17.0 Å². The highest BCUT2D eigenvalue weighted by Gasteiger charge is 2.19. The van der Waals surface area contributed by atoms with Gasteiger partial charge >= 0.3 is 0 Å². The number of aliphatic hydroxyl groups excluding tert-OH is 1. The first-order valence-electron chi connectivity index (χ1n) is 9.76. The van der Waals surface area contributed by atoms with Gasteiger partial charge in [-0.05, 0) is 55.0 Å². The number of amides is 1. The molecule has 0 heterocycles. The third-order valence-corrected chi connectivity index (χ3v) is 5.60. The van der Waals surface area contributed by atoms with Crippen LogP contribution in [0.1, 0.15) is 31.8 Å². The molecule has 0 aliphatic carbocycles. The summed E-state index contributed by atoms with van der Waals surface area (Å²) in [4.78, 5) is 36.2. The number of nitro benzene ring substituents is 1. The van der Waals surface area contributed by atoms with E-state index in [1.54, 1.807) is 37.3 Å². The number of carbonyl (C=O) groups is 2. The second-order valence-corrected chi connectivity index (χ2v) is 8.40. The van der Waals surface area contributed by atoms with Crippen LogP contribution in [0.4, 0.5) is 17.1 Å². The van der Waals surface area contributed by atoms with E-state index in [4.69, 9.17) is 16.7 Å². The molecule has 0 saturated heterocycles. The van der Waals surface area contributed by atoms with Gasteiger partial charge in [-0.25, -0.2) is 0 Å². The Hall–Kier alpha value is -3.27. The monoisotopic (exact) mass is 531 g/mol. The molecule has 0 spiro atoms. The number of hydrogen-bond acceptors (Lipinski definition) is 6. The summed E-state index contributed by atoms with van der Waals surface area (Å²) in [5.74, 6) is -0.768. The number of nitro groups is 1. The molecule has 3 aromatic rings. The average molecular weight is 533 g/mol. The summed E-state index contributed by atoms with van der Waals surface area (Å²) in [5, 5.41) is 25.9. The van der Waals surface area contributed by atoms with Gasteiger partial charge in [0.25, 0.3) is 11.6 Å². The van der Waals surface area contributed by atoms with Crippen molar-refractivity contribution in [1.29, 1.82) is 0 Å². The van der Waals surface area contributed by atoms with E-state index in [-0.39, 0.29) is 46.5 Å². The molecule has 0 saturated carbocycles. The van der Waals surface area contributed by atoms with Gasteiger partial charge in [-0.1, -0.05) is 33.6 Å². The van der Waals surface area contributed by atoms with Crippen molar-refractivity contribution in [3.05, 3.63) is 96.5 Å². The van der Waals surface area contributed by atoms with E-state index in [1.807, 2.05) is 0 Å². The number of hydrogen-bond donors (Lipinski definition) is 3. The van der Waals surface area contributed by atoms with E-state index in [0.29, 0.717) is 21.3 Å². The van der Waals surface area contributed by atoms with Gasteiger partial charge in [0, 0.05) is 39.5 Å². The largest absolute Gasteiger partial charge is 0.395 e. The number of nitrogens with zero attached hydrogens (tertiary/aromatic N) is 1. The Kier molecular flexibility index (Phi) is 7.80. The van der Waals surface area contributed by atoms with Crippen LogP contribution in [-0.2, 0) is 0 Å². The number of ketones is 1. The molecule has 170 valence electrons. The number of anilines is 2. The summed E-state index contributed by atoms with van der Waals surface area (Å²) >= 11 is 9.60. The SMILES string of the molecule is Cc1ccc(C(=O)NCCO)cc1C(=O)c1ccc(Nc2ccc(Br)cc2[N+](=O)[O-])cc1Cl. The minimum atomic E-state index is -0.501. The maximum Gasteiger partial charge on any atom is 0.293 e. The van der Waals surface area contributed by atoms with Crippen molar-refractivity contribution in [3.63, 3.8) is 0 Å². The van der Waals surface area contributed by atoms with Crippen molar-refractivity contribution in [2.75, 3.05) is 18.5 Å². The summed E-state index contributed by atoms with van der Waals surface area (Å²) in [5.41, 5.74) is 2.12. The topological polar surface area (TPSA) is 122 Å². The van der Waals surface area contributed by atoms with Crippen molar-refractivity contribution in [3.8, 4) is 0 Å². The third kappa shape index (κ3) is 5.75. The van der Waals surface area contributed by atoms with Gasteiger partial charge < -0.3 is 15.7 Å². The lowest BCUT2D eigenvalue weighted by Crippen LogP contribution is -2.26. The molecular formula is C23H19BrClN3O5. The van der Waals surface area contributed by atoms with E-state index in [9.17, 15) is 19.7 Å².